The standard InChI is InChI=1S/C18H23N5O2/c1-18(2,3)14(19)17(25)23-9-7-11-13(10-23)21-15(22-16(11)24)12-6-4-5-8-20-12/h4-6,8,14H,7,9-10,19H2,1-3H3,(H,21,22,24). The van der Waals surface area contributed by atoms with Crippen molar-refractivity contribution in [3.63, 3.8) is 0 Å². The molecule has 0 fully saturated rings. The van der Waals surface area contributed by atoms with Gasteiger partial charge in [-0.05, 0) is 24.0 Å². The van der Waals surface area contributed by atoms with Crippen LogP contribution < -0.4 is 11.3 Å². The number of nitrogens with zero attached hydrogens (tertiary/aromatic N) is 3. The van der Waals surface area contributed by atoms with Gasteiger partial charge in [0.05, 0.1) is 18.3 Å². The number of pyridine rings is 1. The van der Waals surface area contributed by atoms with Gasteiger partial charge in [0, 0.05) is 18.3 Å². The van der Waals surface area contributed by atoms with Crippen molar-refractivity contribution in [2.45, 2.75) is 39.8 Å². The van der Waals surface area contributed by atoms with E-state index in [2.05, 4.69) is 15.0 Å². The third kappa shape index (κ3) is 3.46. The molecule has 0 aliphatic carbocycles. The first-order valence-electron chi connectivity index (χ1n) is 8.35. The Balaban J connectivity index is 1.91. The molecule has 3 N–H and O–H groups in total. The Morgan fingerprint density at radius 2 is 2.12 bits per heavy atom. The second kappa shape index (κ2) is 6.40. The molecular formula is C18H23N5O2. The van der Waals surface area contributed by atoms with Crippen molar-refractivity contribution >= 4 is 5.91 Å². The van der Waals surface area contributed by atoms with Crippen molar-refractivity contribution in [3.05, 3.63) is 46.0 Å². The van der Waals surface area contributed by atoms with Gasteiger partial charge in [0.1, 0.15) is 5.69 Å². The molecule has 7 nitrogen and oxygen atoms in total. The molecule has 3 rings (SSSR count). The van der Waals surface area contributed by atoms with Crippen molar-refractivity contribution in [2.24, 2.45) is 11.1 Å². The van der Waals surface area contributed by atoms with Crippen LogP contribution >= 0.6 is 0 Å². The van der Waals surface area contributed by atoms with Crippen molar-refractivity contribution in [1.29, 1.82) is 0 Å². The maximum atomic E-state index is 12.7. The minimum Gasteiger partial charge on any atom is -0.335 e. The van der Waals surface area contributed by atoms with Gasteiger partial charge in [-0.3, -0.25) is 14.6 Å². The number of nitrogens with one attached hydrogen (secondary N) is 1. The van der Waals surface area contributed by atoms with Gasteiger partial charge in [0.25, 0.3) is 5.56 Å². The molecule has 2 aromatic heterocycles. The van der Waals surface area contributed by atoms with Gasteiger partial charge in [-0.1, -0.05) is 26.8 Å². The van der Waals surface area contributed by atoms with E-state index in [0.717, 1.165) is 0 Å². The molecule has 0 aromatic carbocycles. The number of aromatic nitrogens is 3. The third-order valence-corrected chi connectivity index (χ3v) is 4.49. The molecule has 25 heavy (non-hydrogen) atoms. The zero-order valence-corrected chi connectivity index (χ0v) is 14.7. The lowest BCUT2D eigenvalue weighted by molar-refractivity contribution is -0.136. The lowest BCUT2D eigenvalue weighted by atomic mass is 9.86. The van der Waals surface area contributed by atoms with Crippen LogP contribution in [-0.4, -0.2) is 38.3 Å². The van der Waals surface area contributed by atoms with E-state index >= 15 is 0 Å². The van der Waals surface area contributed by atoms with E-state index in [9.17, 15) is 9.59 Å². The summed E-state index contributed by atoms with van der Waals surface area (Å²) < 4.78 is 0. The Hall–Kier alpha value is -2.54. The largest absolute Gasteiger partial charge is 0.335 e. The zero-order chi connectivity index (χ0) is 18.2. The number of fused-ring (bicyclic) bond motifs is 1. The van der Waals surface area contributed by atoms with E-state index in [1.165, 1.54) is 0 Å². The van der Waals surface area contributed by atoms with Crippen LogP contribution in [-0.2, 0) is 17.8 Å². The quantitative estimate of drug-likeness (QED) is 0.851. The second-order valence-electron chi connectivity index (χ2n) is 7.41. The number of hydrogen-bond acceptors (Lipinski definition) is 5. The van der Waals surface area contributed by atoms with Crippen LogP contribution in [0.2, 0.25) is 0 Å². The third-order valence-electron chi connectivity index (χ3n) is 4.49. The van der Waals surface area contributed by atoms with E-state index in [1.807, 2.05) is 26.8 Å². The van der Waals surface area contributed by atoms with Crippen LogP contribution in [0, 0.1) is 5.41 Å². The first kappa shape index (κ1) is 17.3. The molecule has 2 aromatic rings. The lowest BCUT2D eigenvalue weighted by Crippen LogP contribution is -2.52. The molecule has 1 unspecified atom stereocenters. The minimum atomic E-state index is -0.591. The number of H-pyrrole nitrogens is 1. The summed E-state index contributed by atoms with van der Waals surface area (Å²) in [5.41, 5.74) is 7.46. The van der Waals surface area contributed by atoms with Gasteiger partial charge >= 0.3 is 0 Å². The summed E-state index contributed by atoms with van der Waals surface area (Å²) in [6, 6.07) is 4.83. The van der Waals surface area contributed by atoms with Crippen LogP contribution in [0.4, 0.5) is 0 Å². The van der Waals surface area contributed by atoms with E-state index < -0.39 is 6.04 Å². The summed E-state index contributed by atoms with van der Waals surface area (Å²) in [5.74, 6) is 0.304. The molecule has 1 aliphatic heterocycles. The smallest absolute Gasteiger partial charge is 0.254 e. The average molecular weight is 341 g/mol. The van der Waals surface area contributed by atoms with Gasteiger partial charge < -0.3 is 15.6 Å². The summed E-state index contributed by atoms with van der Waals surface area (Å²) in [6.45, 7) is 6.59. The van der Waals surface area contributed by atoms with Gasteiger partial charge in [-0.2, -0.15) is 0 Å². The Morgan fingerprint density at radius 1 is 1.36 bits per heavy atom. The van der Waals surface area contributed by atoms with Gasteiger partial charge in [0.15, 0.2) is 5.82 Å². The normalized spacial score (nSPS) is 15.6. The molecule has 0 bridgehead atoms. The highest BCUT2D eigenvalue weighted by Crippen LogP contribution is 2.22. The predicted molar refractivity (Wildman–Crippen MR) is 94.6 cm³/mol. The van der Waals surface area contributed by atoms with E-state index in [-0.39, 0.29) is 16.9 Å². The maximum absolute atomic E-state index is 12.7. The molecule has 1 amide bonds. The summed E-state index contributed by atoms with van der Waals surface area (Å²) in [6.07, 6.45) is 2.12. The number of carbonyl (C=O) groups is 1. The molecule has 1 aliphatic rings. The molecule has 0 spiro atoms. The molecule has 0 radical (unpaired) electrons. The number of carbonyl (C=O) groups excluding carboxylic acids is 1. The molecule has 7 heteroatoms. The summed E-state index contributed by atoms with van der Waals surface area (Å²) in [7, 11) is 0. The van der Waals surface area contributed by atoms with Crippen molar-refractivity contribution in [3.8, 4) is 11.5 Å². The predicted octanol–water partition coefficient (Wildman–Crippen LogP) is 1.09. The van der Waals surface area contributed by atoms with Crippen molar-refractivity contribution < 1.29 is 4.79 Å². The molecule has 0 saturated heterocycles. The van der Waals surface area contributed by atoms with Crippen molar-refractivity contribution in [1.82, 2.24) is 19.9 Å². The number of rotatable bonds is 2. The molecule has 0 saturated carbocycles. The van der Waals surface area contributed by atoms with E-state index in [0.29, 0.717) is 42.3 Å². The molecule has 1 atom stereocenters. The Kier molecular flexibility index (Phi) is 4.43. The topological polar surface area (TPSA) is 105 Å². The maximum Gasteiger partial charge on any atom is 0.254 e. The highest BCUT2D eigenvalue weighted by atomic mass is 16.2. The summed E-state index contributed by atoms with van der Waals surface area (Å²) in [4.78, 5) is 38.3. The Morgan fingerprint density at radius 3 is 2.76 bits per heavy atom. The highest BCUT2D eigenvalue weighted by Gasteiger charge is 2.33. The van der Waals surface area contributed by atoms with Gasteiger partial charge in [-0.15, -0.1) is 0 Å². The lowest BCUT2D eigenvalue weighted by Gasteiger charge is -2.34. The fraction of sp³-hybridized carbons (Fsp3) is 0.444. The van der Waals surface area contributed by atoms with Crippen LogP contribution in [0.25, 0.3) is 11.5 Å². The molecule has 3 heterocycles. The zero-order valence-electron chi connectivity index (χ0n) is 14.7. The van der Waals surface area contributed by atoms with E-state index in [4.69, 9.17) is 5.73 Å². The van der Waals surface area contributed by atoms with Crippen LogP contribution in [0.15, 0.2) is 29.2 Å². The Labute approximate surface area is 146 Å². The fourth-order valence-corrected chi connectivity index (χ4v) is 2.82. The highest BCUT2D eigenvalue weighted by molar-refractivity contribution is 5.82. The van der Waals surface area contributed by atoms with Crippen LogP contribution in [0.3, 0.4) is 0 Å². The van der Waals surface area contributed by atoms with Crippen LogP contribution in [0.1, 0.15) is 32.0 Å². The van der Waals surface area contributed by atoms with Gasteiger partial charge in [-0.25, -0.2) is 4.98 Å². The molecular weight excluding hydrogens is 318 g/mol. The fourth-order valence-electron chi connectivity index (χ4n) is 2.82. The number of nitrogens with two attached hydrogens (primary N) is 1. The monoisotopic (exact) mass is 341 g/mol. The molecule has 132 valence electrons. The van der Waals surface area contributed by atoms with Crippen molar-refractivity contribution in [2.75, 3.05) is 6.54 Å². The van der Waals surface area contributed by atoms with Crippen LogP contribution in [0.5, 0.6) is 0 Å². The number of hydrogen-bond donors (Lipinski definition) is 2. The number of amides is 1. The first-order valence-corrected chi connectivity index (χ1v) is 8.35. The minimum absolute atomic E-state index is 0.111. The Bertz CT molecular complexity index is 839. The SMILES string of the molecule is CC(C)(C)C(N)C(=O)N1CCc2c(nc(-c3ccccn3)[nH]c2=O)C1. The first-order chi connectivity index (χ1) is 11.8. The number of aromatic amines is 1. The summed E-state index contributed by atoms with van der Waals surface area (Å²) >= 11 is 0. The summed E-state index contributed by atoms with van der Waals surface area (Å²) in [5, 5.41) is 0. The van der Waals surface area contributed by atoms with Gasteiger partial charge in [0.2, 0.25) is 5.91 Å². The second-order valence-corrected chi connectivity index (χ2v) is 7.41. The van der Waals surface area contributed by atoms with E-state index in [1.54, 1.807) is 23.2 Å². The average Bonchev–Trinajstić information content (AvgIpc) is 2.59.